The Morgan fingerprint density at radius 3 is 2.79 bits per heavy atom. The summed E-state index contributed by atoms with van der Waals surface area (Å²) in [5, 5.41) is 6.96. The lowest BCUT2D eigenvalue weighted by Gasteiger charge is -2.10. The summed E-state index contributed by atoms with van der Waals surface area (Å²) in [6.45, 7) is 4.28. The standard InChI is InChI=1S/C22H23N3O3/c1-14-7-8-15(28-2)13-17(14)24-22(27)21(26)20-16-5-3-4-6-18(16)25-12-11-23-10-9-19(20)25/h3-8,13,23H,9-12H2,1-2H3,(H,24,27). The Morgan fingerprint density at radius 1 is 1.14 bits per heavy atom. The number of ether oxygens (including phenoxy) is 1. The Hall–Kier alpha value is -3.12. The summed E-state index contributed by atoms with van der Waals surface area (Å²) in [6, 6.07) is 13.2. The number of anilines is 1. The van der Waals surface area contributed by atoms with Crippen molar-refractivity contribution in [1.82, 2.24) is 9.88 Å². The second kappa shape index (κ2) is 7.48. The van der Waals surface area contributed by atoms with Crippen LogP contribution in [-0.4, -0.2) is 36.5 Å². The average Bonchev–Trinajstić information content (AvgIpc) is 2.85. The molecule has 0 spiro atoms. The summed E-state index contributed by atoms with van der Waals surface area (Å²) in [5.41, 5.74) is 3.88. The highest BCUT2D eigenvalue weighted by molar-refractivity contribution is 6.48. The molecule has 6 nitrogen and oxygen atoms in total. The fraction of sp³-hybridized carbons (Fsp3) is 0.273. The fourth-order valence-electron chi connectivity index (χ4n) is 3.80. The molecule has 0 radical (unpaired) electrons. The first-order chi connectivity index (χ1) is 13.6. The van der Waals surface area contributed by atoms with Gasteiger partial charge in [-0.3, -0.25) is 9.59 Å². The molecule has 4 rings (SSSR count). The highest BCUT2D eigenvalue weighted by atomic mass is 16.5. The topological polar surface area (TPSA) is 72.4 Å². The summed E-state index contributed by atoms with van der Waals surface area (Å²) < 4.78 is 7.38. The van der Waals surface area contributed by atoms with Crippen molar-refractivity contribution in [2.24, 2.45) is 0 Å². The number of hydrogen-bond acceptors (Lipinski definition) is 4. The van der Waals surface area contributed by atoms with E-state index in [2.05, 4.69) is 15.2 Å². The number of nitrogens with zero attached hydrogens (tertiary/aromatic N) is 1. The molecular formula is C22H23N3O3. The van der Waals surface area contributed by atoms with Gasteiger partial charge >= 0.3 is 0 Å². The van der Waals surface area contributed by atoms with Gasteiger partial charge in [0.15, 0.2) is 0 Å². The largest absolute Gasteiger partial charge is 0.497 e. The number of aryl methyl sites for hydroxylation is 1. The van der Waals surface area contributed by atoms with E-state index in [0.717, 1.165) is 41.8 Å². The molecule has 0 saturated heterocycles. The molecule has 0 saturated carbocycles. The van der Waals surface area contributed by atoms with Crippen LogP contribution in [0.4, 0.5) is 5.69 Å². The monoisotopic (exact) mass is 377 g/mol. The van der Waals surface area contributed by atoms with Gasteiger partial charge in [-0.25, -0.2) is 0 Å². The molecule has 0 unspecified atom stereocenters. The number of ketones is 1. The molecule has 1 amide bonds. The summed E-state index contributed by atoms with van der Waals surface area (Å²) in [6.07, 6.45) is 0.710. The van der Waals surface area contributed by atoms with E-state index in [0.29, 0.717) is 23.4 Å². The molecule has 0 bridgehead atoms. The van der Waals surface area contributed by atoms with E-state index in [1.165, 1.54) is 0 Å². The molecule has 1 aliphatic rings. The van der Waals surface area contributed by atoms with Gasteiger partial charge in [-0.1, -0.05) is 24.3 Å². The zero-order valence-corrected chi connectivity index (χ0v) is 16.0. The van der Waals surface area contributed by atoms with Crippen molar-refractivity contribution in [3.63, 3.8) is 0 Å². The molecule has 2 N–H and O–H groups in total. The van der Waals surface area contributed by atoms with Crippen molar-refractivity contribution in [3.8, 4) is 5.75 Å². The molecule has 1 aromatic heterocycles. The molecule has 144 valence electrons. The van der Waals surface area contributed by atoms with Gasteiger partial charge in [0, 0.05) is 54.4 Å². The molecule has 0 aliphatic carbocycles. The summed E-state index contributed by atoms with van der Waals surface area (Å²) in [4.78, 5) is 26.0. The number of rotatable bonds is 4. The van der Waals surface area contributed by atoms with Gasteiger partial charge in [0.2, 0.25) is 0 Å². The second-order valence-electron chi connectivity index (χ2n) is 6.95. The van der Waals surface area contributed by atoms with Crippen LogP contribution in [0.2, 0.25) is 0 Å². The Balaban J connectivity index is 1.73. The first kappa shape index (κ1) is 18.3. The molecule has 1 aliphatic heterocycles. The minimum absolute atomic E-state index is 0.505. The zero-order valence-electron chi connectivity index (χ0n) is 16.0. The lowest BCUT2D eigenvalue weighted by molar-refractivity contribution is -0.112. The number of fused-ring (bicyclic) bond motifs is 3. The number of benzene rings is 2. The Labute approximate surface area is 163 Å². The van der Waals surface area contributed by atoms with Crippen LogP contribution in [0.25, 0.3) is 10.9 Å². The number of nitrogens with one attached hydrogen (secondary N) is 2. The summed E-state index contributed by atoms with van der Waals surface area (Å²) in [7, 11) is 1.57. The molecule has 2 aromatic carbocycles. The summed E-state index contributed by atoms with van der Waals surface area (Å²) in [5.74, 6) is -0.510. The van der Waals surface area contributed by atoms with E-state index in [-0.39, 0.29) is 0 Å². The highest BCUT2D eigenvalue weighted by Crippen LogP contribution is 2.29. The van der Waals surface area contributed by atoms with Crippen LogP contribution in [0.3, 0.4) is 0 Å². The first-order valence-corrected chi connectivity index (χ1v) is 9.41. The number of aromatic nitrogens is 1. The minimum atomic E-state index is -0.632. The Kier molecular flexibility index (Phi) is 4.88. The average molecular weight is 377 g/mol. The molecule has 0 atom stereocenters. The Morgan fingerprint density at radius 2 is 1.96 bits per heavy atom. The first-order valence-electron chi connectivity index (χ1n) is 9.41. The van der Waals surface area contributed by atoms with Crippen LogP contribution >= 0.6 is 0 Å². The van der Waals surface area contributed by atoms with Gasteiger partial charge in [-0.05, 0) is 24.6 Å². The fourth-order valence-corrected chi connectivity index (χ4v) is 3.80. The highest BCUT2D eigenvalue weighted by Gasteiger charge is 2.27. The van der Waals surface area contributed by atoms with Crippen molar-refractivity contribution < 1.29 is 14.3 Å². The number of carbonyl (C=O) groups excluding carboxylic acids is 2. The van der Waals surface area contributed by atoms with Crippen LogP contribution in [0.5, 0.6) is 5.75 Å². The third-order valence-corrected chi connectivity index (χ3v) is 5.26. The van der Waals surface area contributed by atoms with Crippen molar-refractivity contribution >= 4 is 28.3 Å². The predicted octanol–water partition coefficient (Wildman–Crippen LogP) is 2.93. The van der Waals surface area contributed by atoms with Crippen LogP contribution < -0.4 is 15.4 Å². The maximum Gasteiger partial charge on any atom is 0.296 e. The number of Topliss-reactive ketones (excluding diaryl/α,β-unsaturated/α-hetero) is 1. The van der Waals surface area contributed by atoms with Gasteiger partial charge in [0.1, 0.15) is 5.75 Å². The van der Waals surface area contributed by atoms with Crippen molar-refractivity contribution in [2.45, 2.75) is 19.9 Å². The van der Waals surface area contributed by atoms with Gasteiger partial charge in [-0.15, -0.1) is 0 Å². The minimum Gasteiger partial charge on any atom is -0.497 e. The van der Waals surface area contributed by atoms with Crippen LogP contribution in [0.1, 0.15) is 21.6 Å². The van der Waals surface area contributed by atoms with Gasteiger partial charge in [-0.2, -0.15) is 0 Å². The number of hydrogen-bond donors (Lipinski definition) is 2. The maximum atomic E-state index is 13.2. The summed E-state index contributed by atoms with van der Waals surface area (Å²) >= 11 is 0. The lowest BCUT2D eigenvalue weighted by Crippen LogP contribution is -2.24. The smallest absolute Gasteiger partial charge is 0.296 e. The third-order valence-electron chi connectivity index (χ3n) is 5.26. The van der Waals surface area contributed by atoms with Crippen molar-refractivity contribution in [2.75, 3.05) is 25.5 Å². The van der Waals surface area contributed by atoms with Crippen LogP contribution in [0, 0.1) is 6.92 Å². The molecular weight excluding hydrogens is 354 g/mol. The third kappa shape index (κ3) is 3.16. The van der Waals surface area contributed by atoms with E-state index in [4.69, 9.17) is 4.74 Å². The molecule has 2 heterocycles. The van der Waals surface area contributed by atoms with E-state index in [1.807, 2.05) is 43.3 Å². The van der Waals surface area contributed by atoms with Crippen LogP contribution in [0.15, 0.2) is 42.5 Å². The molecule has 6 heteroatoms. The van der Waals surface area contributed by atoms with Gasteiger partial charge in [0.05, 0.1) is 12.7 Å². The molecule has 28 heavy (non-hydrogen) atoms. The number of para-hydroxylation sites is 1. The molecule has 3 aromatic rings. The van der Waals surface area contributed by atoms with Crippen molar-refractivity contribution in [3.05, 3.63) is 59.3 Å². The van der Waals surface area contributed by atoms with Gasteiger partial charge < -0.3 is 19.9 Å². The second-order valence-corrected chi connectivity index (χ2v) is 6.95. The van der Waals surface area contributed by atoms with E-state index in [1.54, 1.807) is 13.2 Å². The lowest BCUT2D eigenvalue weighted by atomic mass is 10.0. The van der Waals surface area contributed by atoms with E-state index in [9.17, 15) is 9.59 Å². The van der Waals surface area contributed by atoms with E-state index < -0.39 is 11.7 Å². The van der Waals surface area contributed by atoms with Crippen LogP contribution in [-0.2, 0) is 17.8 Å². The van der Waals surface area contributed by atoms with Gasteiger partial charge in [0.25, 0.3) is 11.7 Å². The number of methoxy groups -OCH3 is 1. The molecule has 0 fully saturated rings. The number of amides is 1. The van der Waals surface area contributed by atoms with Crippen molar-refractivity contribution in [1.29, 1.82) is 0 Å². The quantitative estimate of drug-likeness (QED) is 0.542. The predicted molar refractivity (Wildman–Crippen MR) is 109 cm³/mol. The zero-order chi connectivity index (χ0) is 19.7. The van der Waals surface area contributed by atoms with E-state index >= 15 is 0 Å². The SMILES string of the molecule is COc1ccc(C)c(NC(=O)C(=O)c2c3n(c4ccccc24)CCNCC3)c1. The maximum absolute atomic E-state index is 13.2. The Bertz CT molecular complexity index is 1070. The normalized spacial score (nSPS) is 13.6. The number of carbonyl (C=O) groups is 2.